The number of carbonyl (C=O) groups excluding carboxylic acids is 1. The van der Waals surface area contributed by atoms with Crippen LogP contribution in [0.2, 0.25) is 0 Å². The van der Waals surface area contributed by atoms with Gasteiger partial charge < -0.3 is 10.6 Å². The van der Waals surface area contributed by atoms with Gasteiger partial charge in [-0.3, -0.25) is 4.79 Å². The van der Waals surface area contributed by atoms with Crippen LogP contribution < -0.4 is 5.73 Å². The minimum absolute atomic E-state index is 0.0963. The van der Waals surface area contributed by atoms with Gasteiger partial charge in [-0.15, -0.1) is 0 Å². The first-order chi connectivity index (χ1) is 9.63. The normalized spacial score (nSPS) is 17.0. The fourth-order valence-corrected chi connectivity index (χ4v) is 3.10. The quantitative estimate of drug-likeness (QED) is 0.930. The molecule has 0 bridgehead atoms. The van der Waals surface area contributed by atoms with Gasteiger partial charge >= 0.3 is 0 Å². The maximum atomic E-state index is 12.6. The lowest BCUT2D eigenvalue weighted by Crippen LogP contribution is -2.68. The van der Waals surface area contributed by atoms with Crippen LogP contribution in [0, 0.1) is 0 Å². The van der Waals surface area contributed by atoms with Crippen molar-refractivity contribution in [2.24, 2.45) is 5.73 Å². The molecule has 3 nitrogen and oxygen atoms in total. The maximum absolute atomic E-state index is 12.6. The third kappa shape index (κ3) is 2.18. The summed E-state index contributed by atoms with van der Waals surface area (Å²) >= 11 is 0. The van der Waals surface area contributed by atoms with Gasteiger partial charge in [-0.05, 0) is 23.3 Å². The number of hydrogen-bond acceptors (Lipinski definition) is 2. The van der Waals surface area contributed by atoms with Crippen LogP contribution in [-0.2, 0) is 0 Å². The number of carbonyl (C=O) groups is 1. The van der Waals surface area contributed by atoms with Crippen molar-refractivity contribution in [3.05, 3.63) is 48.0 Å². The number of nitrogens with two attached hydrogens (primary N) is 1. The van der Waals surface area contributed by atoms with Crippen LogP contribution in [0.3, 0.4) is 0 Å². The molecule has 3 heteroatoms. The van der Waals surface area contributed by atoms with Crippen LogP contribution in [0.25, 0.3) is 10.8 Å². The molecule has 0 radical (unpaired) electrons. The molecule has 0 spiro atoms. The van der Waals surface area contributed by atoms with Crippen LogP contribution in [-0.4, -0.2) is 29.4 Å². The molecule has 20 heavy (non-hydrogen) atoms. The largest absolute Gasteiger partial charge is 0.335 e. The average Bonchev–Trinajstić information content (AvgIpc) is 2.43. The van der Waals surface area contributed by atoms with E-state index in [0.717, 1.165) is 29.2 Å². The Labute approximate surface area is 119 Å². The number of nitrogens with zero attached hydrogens (tertiary/aromatic N) is 1. The van der Waals surface area contributed by atoms with Crippen LogP contribution >= 0.6 is 0 Å². The van der Waals surface area contributed by atoms with E-state index in [2.05, 4.69) is 6.92 Å². The fraction of sp³-hybridized carbons (Fsp3) is 0.353. The van der Waals surface area contributed by atoms with E-state index < -0.39 is 0 Å². The Balaban J connectivity index is 1.84. The van der Waals surface area contributed by atoms with Crippen molar-refractivity contribution in [3.8, 4) is 0 Å². The van der Waals surface area contributed by atoms with Gasteiger partial charge in [-0.25, -0.2) is 0 Å². The van der Waals surface area contributed by atoms with Crippen molar-refractivity contribution in [2.75, 3.05) is 13.1 Å². The van der Waals surface area contributed by atoms with Gasteiger partial charge in [0.1, 0.15) is 0 Å². The summed E-state index contributed by atoms with van der Waals surface area (Å²) in [4.78, 5) is 14.5. The van der Waals surface area contributed by atoms with Crippen LogP contribution in [0.4, 0.5) is 0 Å². The lowest BCUT2D eigenvalue weighted by Gasteiger charge is -2.48. The summed E-state index contributed by atoms with van der Waals surface area (Å²) in [5.74, 6) is 0.0963. The van der Waals surface area contributed by atoms with Crippen molar-refractivity contribution >= 4 is 16.7 Å². The molecule has 3 rings (SSSR count). The van der Waals surface area contributed by atoms with E-state index in [9.17, 15) is 4.79 Å². The van der Waals surface area contributed by atoms with Gasteiger partial charge in [0.25, 0.3) is 5.91 Å². The number of fused-ring (bicyclic) bond motifs is 1. The number of benzene rings is 2. The zero-order chi connectivity index (χ0) is 14.2. The summed E-state index contributed by atoms with van der Waals surface area (Å²) in [6, 6.07) is 13.9. The molecule has 1 aliphatic heterocycles. The molecule has 0 saturated carbocycles. The number of amides is 1. The van der Waals surface area contributed by atoms with Crippen molar-refractivity contribution in [2.45, 2.75) is 25.3 Å². The Morgan fingerprint density at radius 3 is 2.65 bits per heavy atom. The summed E-state index contributed by atoms with van der Waals surface area (Å²) in [5, 5.41) is 2.12. The molecule has 0 aliphatic carbocycles. The van der Waals surface area contributed by atoms with Gasteiger partial charge in [-0.1, -0.05) is 49.7 Å². The average molecular weight is 268 g/mol. The molecule has 1 heterocycles. The first-order valence-electron chi connectivity index (χ1n) is 7.19. The van der Waals surface area contributed by atoms with Gasteiger partial charge in [0.2, 0.25) is 0 Å². The Bertz CT molecular complexity index is 639. The second-order valence-electron chi connectivity index (χ2n) is 5.80. The third-order valence-corrected chi connectivity index (χ3v) is 4.07. The van der Waals surface area contributed by atoms with E-state index in [1.165, 1.54) is 0 Å². The lowest BCUT2D eigenvalue weighted by molar-refractivity contribution is 0.0388. The predicted octanol–water partition coefficient (Wildman–Crippen LogP) is 2.79. The van der Waals surface area contributed by atoms with E-state index in [1.807, 2.05) is 47.4 Å². The molecule has 0 aromatic heterocycles. The first-order valence-corrected chi connectivity index (χ1v) is 7.19. The summed E-state index contributed by atoms with van der Waals surface area (Å²) in [6.45, 7) is 3.47. The molecule has 0 atom stereocenters. The van der Waals surface area contributed by atoms with Gasteiger partial charge in [0.05, 0.1) is 5.54 Å². The molecular weight excluding hydrogens is 248 g/mol. The van der Waals surface area contributed by atoms with E-state index in [-0.39, 0.29) is 11.4 Å². The zero-order valence-corrected chi connectivity index (χ0v) is 11.8. The Morgan fingerprint density at radius 2 is 1.90 bits per heavy atom. The molecule has 1 aliphatic rings. The highest BCUT2D eigenvalue weighted by molar-refractivity contribution is 6.07. The van der Waals surface area contributed by atoms with E-state index >= 15 is 0 Å². The van der Waals surface area contributed by atoms with Crippen LogP contribution in [0.5, 0.6) is 0 Å². The van der Waals surface area contributed by atoms with Crippen LogP contribution in [0.15, 0.2) is 42.5 Å². The summed E-state index contributed by atoms with van der Waals surface area (Å²) in [7, 11) is 0. The van der Waals surface area contributed by atoms with E-state index in [4.69, 9.17) is 5.73 Å². The van der Waals surface area contributed by atoms with Gasteiger partial charge in [0.15, 0.2) is 0 Å². The number of hydrogen-bond donors (Lipinski definition) is 1. The first kappa shape index (κ1) is 13.1. The van der Waals surface area contributed by atoms with Crippen molar-refractivity contribution < 1.29 is 4.79 Å². The second-order valence-corrected chi connectivity index (χ2v) is 5.80. The number of rotatable bonds is 3. The lowest BCUT2D eigenvalue weighted by atomic mass is 9.85. The minimum atomic E-state index is -0.172. The predicted molar refractivity (Wildman–Crippen MR) is 81.7 cm³/mol. The molecule has 2 aromatic carbocycles. The molecule has 1 saturated heterocycles. The smallest absolute Gasteiger partial charge is 0.254 e. The molecule has 2 aromatic rings. The highest BCUT2D eigenvalue weighted by Crippen LogP contribution is 2.27. The van der Waals surface area contributed by atoms with Crippen LogP contribution in [0.1, 0.15) is 30.1 Å². The Kier molecular flexibility index (Phi) is 3.22. The summed E-state index contributed by atoms with van der Waals surface area (Å²) < 4.78 is 0. The topological polar surface area (TPSA) is 46.3 Å². The van der Waals surface area contributed by atoms with Crippen molar-refractivity contribution in [3.63, 3.8) is 0 Å². The molecular formula is C17H20N2O. The van der Waals surface area contributed by atoms with Gasteiger partial charge in [-0.2, -0.15) is 0 Å². The van der Waals surface area contributed by atoms with E-state index in [0.29, 0.717) is 13.1 Å². The molecule has 104 valence electrons. The minimum Gasteiger partial charge on any atom is -0.335 e. The van der Waals surface area contributed by atoms with Crippen molar-refractivity contribution in [1.82, 2.24) is 4.90 Å². The highest BCUT2D eigenvalue weighted by Gasteiger charge is 2.41. The van der Waals surface area contributed by atoms with Crippen molar-refractivity contribution in [1.29, 1.82) is 0 Å². The fourth-order valence-electron chi connectivity index (χ4n) is 3.10. The monoisotopic (exact) mass is 268 g/mol. The number of likely N-dealkylation sites (tertiary alicyclic amines) is 1. The molecule has 0 unspecified atom stereocenters. The SMILES string of the molecule is CCCC1(N)CN(C(=O)c2cccc3ccccc23)C1. The zero-order valence-electron chi connectivity index (χ0n) is 11.8. The van der Waals surface area contributed by atoms with Gasteiger partial charge in [0, 0.05) is 18.7 Å². The maximum Gasteiger partial charge on any atom is 0.254 e. The Hall–Kier alpha value is -1.87. The Morgan fingerprint density at radius 1 is 1.20 bits per heavy atom. The third-order valence-electron chi connectivity index (χ3n) is 4.07. The highest BCUT2D eigenvalue weighted by atomic mass is 16.2. The molecule has 2 N–H and O–H groups in total. The second kappa shape index (κ2) is 4.91. The summed E-state index contributed by atoms with van der Waals surface area (Å²) in [5.41, 5.74) is 6.85. The summed E-state index contributed by atoms with van der Waals surface area (Å²) in [6.07, 6.45) is 2.04. The van der Waals surface area contributed by atoms with E-state index in [1.54, 1.807) is 0 Å². The molecule has 1 fully saturated rings. The standard InChI is InChI=1S/C17H20N2O/c1-2-10-17(18)11-19(12-17)16(20)15-9-5-7-13-6-3-4-8-14(13)15/h3-9H,2,10-12,18H2,1H3. The molecule has 1 amide bonds.